The van der Waals surface area contributed by atoms with Gasteiger partial charge in [-0.25, -0.2) is 4.98 Å². The lowest BCUT2D eigenvalue weighted by molar-refractivity contribution is 1.11. The van der Waals surface area contributed by atoms with Crippen LogP contribution in [0.5, 0.6) is 0 Å². The van der Waals surface area contributed by atoms with Gasteiger partial charge < -0.3 is 0 Å². The number of aromatic nitrogens is 3. The first kappa shape index (κ1) is 13.7. The summed E-state index contributed by atoms with van der Waals surface area (Å²) in [6.45, 7) is 1.93. The molecule has 0 unspecified atom stereocenters. The van der Waals surface area contributed by atoms with Gasteiger partial charge >= 0.3 is 0 Å². The molecule has 2 heterocycles. The highest BCUT2D eigenvalue weighted by molar-refractivity contribution is 6.36. The molecule has 0 fully saturated rings. The molecule has 3 rings (SSSR count). The molecule has 3 nitrogen and oxygen atoms in total. The van der Waals surface area contributed by atoms with Gasteiger partial charge in [0, 0.05) is 22.2 Å². The molecular weight excluding hydrogens is 317 g/mol. The normalized spacial score (nSPS) is 11.2. The van der Waals surface area contributed by atoms with Crippen molar-refractivity contribution in [2.75, 3.05) is 0 Å². The molecule has 0 bridgehead atoms. The molecule has 0 atom stereocenters. The minimum atomic E-state index is 0.387. The molecule has 3 aromatic rings. The lowest BCUT2D eigenvalue weighted by atomic mass is 10.1. The standard InChI is InChI=1S/C14H10Cl3N3/c1-7-4-8(6-15)12-14(18-7)13(20-19-12)10-3-2-9(16)5-11(10)17/h2-5H,6H2,1H3,(H,19,20). The third kappa shape index (κ3) is 2.26. The Hall–Kier alpha value is -1.29. The van der Waals surface area contributed by atoms with Gasteiger partial charge in [0.25, 0.3) is 0 Å². The first-order valence-electron chi connectivity index (χ1n) is 5.96. The van der Waals surface area contributed by atoms with Crippen LogP contribution in [0, 0.1) is 6.92 Å². The smallest absolute Gasteiger partial charge is 0.117 e. The zero-order valence-electron chi connectivity index (χ0n) is 10.5. The van der Waals surface area contributed by atoms with Crippen molar-refractivity contribution >= 4 is 45.8 Å². The first-order chi connectivity index (χ1) is 9.60. The second-order valence-electron chi connectivity index (χ2n) is 4.48. The van der Waals surface area contributed by atoms with Crippen LogP contribution in [0.15, 0.2) is 24.3 Å². The average Bonchev–Trinajstić information content (AvgIpc) is 2.81. The largest absolute Gasteiger partial charge is 0.275 e. The zero-order valence-corrected chi connectivity index (χ0v) is 12.8. The van der Waals surface area contributed by atoms with E-state index in [9.17, 15) is 0 Å². The highest BCUT2D eigenvalue weighted by Crippen LogP contribution is 2.33. The molecule has 0 saturated carbocycles. The summed E-state index contributed by atoms with van der Waals surface area (Å²) >= 11 is 18.1. The van der Waals surface area contributed by atoms with E-state index in [1.807, 2.05) is 19.1 Å². The number of fused-ring (bicyclic) bond motifs is 1. The van der Waals surface area contributed by atoms with Crippen LogP contribution in [0.2, 0.25) is 10.0 Å². The van der Waals surface area contributed by atoms with E-state index in [2.05, 4.69) is 15.2 Å². The Balaban J connectivity index is 2.29. The Morgan fingerprint density at radius 2 is 1.95 bits per heavy atom. The van der Waals surface area contributed by atoms with Gasteiger partial charge in [-0.2, -0.15) is 5.10 Å². The predicted octanol–water partition coefficient (Wildman–Crippen LogP) is 4.98. The molecule has 0 aliphatic carbocycles. The summed E-state index contributed by atoms with van der Waals surface area (Å²) in [5.74, 6) is 0.387. The monoisotopic (exact) mass is 325 g/mol. The number of benzene rings is 1. The lowest BCUT2D eigenvalue weighted by Gasteiger charge is -2.04. The van der Waals surface area contributed by atoms with Crippen LogP contribution in [-0.4, -0.2) is 15.2 Å². The first-order valence-corrected chi connectivity index (χ1v) is 7.25. The second kappa shape index (κ2) is 5.24. The van der Waals surface area contributed by atoms with Crippen LogP contribution < -0.4 is 0 Å². The van der Waals surface area contributed by atoms with Crippen molar-refractivity contribution in [1.29, 1.82) is 0 Å². The summed E-state index contributed by atoms with van der Waals surface area (Å²) < 4.78 is 0. The maximum Gasteiger partial charge on any atom is 0.117 e. The maximum atomic E-state index is 6.25. The van der Waals surface area contributed by atoms with Gasteiger partial charge in [-0.15, -0.1) is 11.6 Å². The molecule has 2 aromatic heterocycles. The molecule has 1 N–H and O–H groups in total. The fourth-order valence-electron chi connectivity index (χ4n) is 2.18. The van der Waals surface area contributed by atoms with Crippen LogP contribution >= 0.6 is 34.8 Å². The molecule has 102 valence electrons. The van der Waals surface area contributed by atoms with E-state index in [1.165, 1.54) is 0 Å². The van der Waals surface area contributed by atoms with Gasteiger partial charge in [-0.3, -0.25) is 5.10 Å². The zero-order chi connectivity index (χ0) is 14.3. The third-order valence-electron chi connectivity index (χ3n) is 3.06. The SMILES string of the molecule is Cc1cc(CCl)c2n[nH]c(-c3ccc(Cl)cc3Cl)c2n1. The summed E-state index contributed by atoms with van der Waals surface area (Å²) in [4.78, 5) is 4.54. The highest BCUT2D eigenvalue weighted by atomic mass is 35.5. The van der Waals surface area contributed by atoms with E-state index in [4.69, 9.17) is 34.8 Å². The number of alkyl halides is 1. The van der Waals surface area contributed by atoms with Crippen molar-refractivity contribution < 1.29 is 0 Å². The minimum absolute atomic E-state index is 0.387. The van der Waals surface area contributed by atoms with Crippen molar-refractivity contribution in [3.05, 3.63) is 45.6 Å². The second-order valence-corrected chi connectivity index (χ2v) is 5.59. The van der Waals surface area contributed by atoms with E-state index in [0.717, 1.165) is 33.5 Å². The molecule has 6 heteroatoms. The highest BCUT2D eigenvalue weighted by Gasteiger charge is 2.15. The fourth-order valence-corrected chi connectivity index (χ4v) is 2.89. The lowest BCUT2D eigenvalue weighted by Crippen LogP contribution is -1.89. The number of nitrogens with zero attached hydrogens (tertiary/aromatic N) is 2. The molecule has 0 radical (unpaired) electrons. The number of H-pyrrole nitrogens is 1. The summed E-state index contributed by atoms with van der Waals surface area (Å²) in [5.41, 5.74) is 4.97. The van der Waals surface area contributed by atoms with Crippen molar-refractivity contribution in [2.45, 2.75) is 12.8 Å². The van der Waals surface area contributed by atoms with Crippen molar-refractivity contribution in [3.8, 4) is 11.3 Å². The molecule has 0 amide bonds. The number of hydrogen-bond acceptors (Lipinski definition) is 2. The van der Waals surface area contributed by atoms with Gasteiger partial charge in [-0.1, -0.05) is 23.2 Å². The van der Waals surface area contributed by atoms with E-state index < -0.39 is 0 Å². The Bertz CT molecular complexity index is 796. The Kier molecular flexibility index (Phi) is 3.59. The van der Waals surface area contributed by atoms with Crippen LogP contribution in [0.25, 0.3) is 22.3 Å². The van der Waals surface area contributed by atoms with Crippen molar-refractivity contribution in [3.63, 3.8) is 0 Å². The fraction of sp³-hybridized carbons (Fsp3) is 0.143. The van der Waals surface area contributed by atoms with Gasteiger partial charge in [0.05, 0.1) is 10.7 Å². The number of halogens is 3. The quantitative estimate of drug-likeness (QED) is 0.675. The maximum absolute atomic E-state index is 6.25. The molecule has 20 heavy (non-hydrogen) atoms. The average molecular weight is 327 g/mol. The Morgan fingerprint density at radius 3 is 2.65 bits per heavy atom. The van der Waals surface area contributed by atoms with E-state index >= 15 is 0 Å². The van der Waals surface area contributed by atoms with Gasteiger partial charge in [-0.05, 0) is 36.8 Å². The number of hydrogen-bond donors (Lipinski definition) is 1. The molecule has 0 aliphatic heterocycles. The number of rotatable bonds is 2. The van der Waals surface area contributed by atoms with E-state index in [0.29, 0.717) is 15.9 Å². The number of aryl methyl sites for hydroxylation is 1. The summed E-state index contributed by atoms with van der Waals surface area (Å²) in [5, 5.41) is 8.45. The van der Waals surface area contributed by atoms with Crippen LogP contribution in [0.1, 0.15) is 11.3 Å². The number of nitrogens with one attached hydrogen (secondary N) is 1. The summed E-state index contributed by atoms with van der Waals surface area (Å²) in [7, 11) is 0. The predicted molar refractivity (Wildman–Crippen MR) is 83.6 cm³/mol. The van der Waals surface area contributed by atoms with Crippen molar-refractivity contribution in [1.82, 2.24) is 15.2 Å². The van der Waals surface area contributed by atoms with E-state index in [1.54, 1.807) is 12.1 Å². The summed E-state index contributed by atoms with van der Waals surface area (Å²) in [6.07, 6.45) is 0. The van der Waals surface area contributed by atoms with Gasteiger partial charge in [0.15, 0.2) is 0 Å². The molecular formula is C14H10Cl3N3. The van der Waals surface area contributed by atoms with Crippen LogP contribution in [0.3, 0.4) is 0 Å². The van der Waals surface area contributed by atoms with Crippen LogP contribution in [-0.2, 0) is 5.88 Å². The minimum Gasteiger partial charge on any atom is -0.275 e. The Morgan fingerprint density at radius 1 is 1.15 bits per heavy atom. The van der Waals surface area contributed by atoms with Crippen LogP contribution in [0.4, 0.5) is 0 Å². The Labute approximate surface area is 130 Å². The number of pyridine rings is 1. The summed E-state index contributed by atoms with van der Waals surface area (Å²) in [6, 6.07) is 7.27. The molecule has 0 saturated heterocycles. The van der Waals surface area contributed by atoms with Crippen molar-refractivity contribution in [2.24, 2.45) is 0 Å². The molecule has 1 aromatic carbocycles. The molecule has 0 spiro atoms. The topological polar surface area (TPSA) is 41.6 Å². The number of aromatic amines is 1. The van der Waals surface area contributed by atoms with Gasteiger partial charge in [0.2, 0.25) is 0 Å². The van der Waals surface area contributed by atoms with E-state index in [-0.39, 0.29) is 0 Å². The molecule has 0 aliphatic rings. The van der Waals surface area contributed by atoms with Gasteiger partial charge in [0.1, 0.15) is 11.0 Å². The third-order valence-corrected chi connectivity index (χ3v) is 3.90.